The summed E-state index contributed by atoms with van der Waals surface area (Å²) in [6, 6.07) is 0. The molecular weight excluding hydrogens is 268 g/mol. The first-order chi connectivity index (χ1) is 7.41. The third-order valence-corrected chi connectivity index (χ3v) is 3.60. The van der Waals surface area contributed by atoms with Gasteiger partial charge in [0.1, 0.15) is 0 Å². The van der Waals surface area contributed by atoms with Crippen LogP contribution in [0.5, 0.6) is 0 Å². The summed E-state index contributed by atoms with van der Waals surface area (Å²) in [4.78, 5) is 0. The van der Waals surface area contributed by atoms with Gasteiger partial charge in [-0.1, -0.05) is 13.8 Å². The van der Waals surface area contributed by atoms with Crippen molar-refractivity contribution in [2.45, 2.75) is 46.8 Å². The van der Waals surface area contributed by atoms with E-state index in [1.165, 1.54) is 0 Å². The summed E-state index contributed by atoms with van der Waals surface area (Å²) in [5, 5.41) is 4.34. The number of halogens is 1. The van der Waals surface area contributed by atoms with Gasteiger partial charge in [-0.25, -0.2) is 0 Å². The van der Waals surface area contributed by atoms with Crippen molar-refractivity contribution in [2.75, 3.05) is 0 Å². The van der Waals surface area contributed by atoms with Crippen LogP contribution in [-0.4, -0.2) is 15.9 Å². The maximum absolute atomic E-state index is 5.82. The Kier molecular flexibility index (Phi) is 4.99. The van der Waals surface area contributed by atoms with Gasteiger partial charge in [0, 0.05) is 7.05 Å². The molecule has 0 bridgehead atoms. The van der Waals surface area contributed by atoms with Gasteiger partial charge >= 0.3 is 0 Å². The van der Waals surface area contributed by atoms with Gasteiger partial charge in [0.05, 0.1) is 28.6 Å². The molecule has 1 aromatic rings. The number of hydrogen-bond acceptors (Lipinski definition) is 2. The Labute approximate surface area is 106 Å². The van der Waals surface area contributed by atoms with Crippen LogP contribution >= 0.6 is 15.9 Å². The molecule has 0 radical (unpaired) electrons. The lowest BCUT2D eigenvalue weighted by atomic mass is 10.1. The van der Waals surface area contributed by atoms with Crippen LogP contribution in [0.2, 0.25) is 0 Å². The lowest BCUT2D eigenvalue weighted by Gasteiger charge is -2.15. The van der Waals surface area contributed by atoms with Crippen LogP contribution in [0.1, 0.15) is 38.6 Å². The van der Waals surface area contributed by atoms with E-state index in [2.05, 4.69) is 41.8 Å². The molecule has 0 aromatic carbocycles. The van der Waals surface area contributed by atoms with E-state index in [-0.39, 0.29) is 0 Å². The van der Waals surface area contributed by atoms with E-state index in [9.17, 15) is 0 Å². The third-order valence-electron chi connectivity index (χ3n) is 2.57. The molecule has 0 saturated heterocycles. The largest absolute Gasteiger partial charge is 0.372 e. The summed E-state index contributed by atoms with van der Waals surface area (Å²) < 4.78 is 8.76. The molecule has 0 spiro atoms. The normalized spacial score (nSPS) is 13.4. The smallest absolute Gasteiger partial charge is 0.0899 e. The minimum Gasteiger partial charge on any atom is -0.372 e. The molecule has 1 unspecified atom stereocenters. The minimum atomic E-state index is 0.294. The molecule has 0 saturated carbocycles. The van der Waals surface area contributed by atoms with Gasteiger partial charge in [0.2, 0.25) is 0 Å². The predicted octanol–water partition coefficient (Wildman–Crippen LogP) is 3.44. The maximum Gasteiger partial charge on any atom is 0.0899 e. The molecule has 1 heterocycles. The zero-order valence-electron chi connectivity index (χ0n) is 10.7. The highest BCUT2D eigenvalue weighted by Gasteiger charge is 2.12. The number of hydrogen-bond donors (Lipinski definition) is 0. The zero-order chi connectivity index (χ0) is 12.3. The number of rotatable bonds is 5. The van der Waals surface area contributed by atoms with E-state index < -0.39 is 0 Å². The van der Waals surface area contributed by atoms with Crippen molar-refractivity contribution in [3.05, 3.63) is 15.9 Å². The fraction of sp³-hybridized carbons (Fsp3) is 0.750. The molecule has 1 aromatic heterocycles. The van der Waals surface area contributed by atoms with Crippen molar-refractivity contribution < 1.29 is 4.74 Å². The summed E-state index contributed by atoms with van der Waals surface area (Å²) >= 11 is 3.54. The molecule has 0 aliphatic heterocycles. The minimum absolute atomic E-state index is 0.294. The van der Waals surface area contributed by atoms with Gasteiger partial charge in [-0.3, -0.25) is 4.68 Å². The SMILES string of the molecule is Cc1nn(C)c(COC(C)CC(C)C)c1Br. The molecule has 4 heteroatoms. The van der Waals surface area contributed by atoms with E-state index in [4.69, 9.17) is 4.74 Å². The fourth-order valence-corrected chi connectivity index (χ4v) is 2.24. The molecule has 1 atom stereocenters. The summed E-state index contributed by atoms with van der Waals surface area (Å²) in [6.07, 6.45) is 1.39. The van der Waals surface area contributed by atoms with E-state index in [1.54, 1.807) is 0 Å². The lowest BCUT2D eigenvalue weighted by Crippen LogP contribution is -2.12. The van der Waals surface area contributed by atoms with Crippen LogP contribution in [0.3, 0.4) is 0 Å². The first kappa shape index (κ1) is 13.7. The molecule has 0 amide bonds. The highest BCUT2D eigenvalue weighted by Crippen LogP contribution is 2.21. The van der Waals surface area contributed by atoms with Crippen molar-refractivity contribution in [2.24, 2.45) is 13.0 Å². The Hall–Kier alpha value is -0.350. The van der Waals surface area contributed by atoms with Crippen molar-refractivity contribution >= 4 is 15.9 Å². The summed E-state index contributed by atoms with van der Waals surface area (Å²) in [5.41, 5.74) is 2.12. The molecule has 0 aliphatic carbocycles. The number of aromatic nitrogens is 2. The number of nitrogens with zero attached hydrogens (tertiary/aromatic N) is 2. The van der Waals surface area contributed by atoms with Crippen molar-refractivity contribution in [1.29, 1.82) is 0 Å². The van der Waals surface area contributed by atoms with Gasteiger partial charge in [-0.15, -0.1) is 0 Å². The second-order valence-electron chi connectivity index (χ2n) is 4.72. The summed E-state index contributed by atoms with van der Waals surface area (Å²) in [5.74, 6) is 0.673. The van der Waals surface area contributed by atoms with Gasteiger partial charge in [-0.05, 0) is 42.1 Å². The second-order valence-corrected chi connectivity index (χ2v) is 5.51. The second kappa shape index (κ2) is 5.82. The van der Waals surface area contributed by atoms with Crippen LogP contribution < -0.4 is 0 Å². The van der Waals surface area contributed by atoms with Gasteiger partial charge < -0.3 is 4.74 Å². The zero-order valence-corrected chi connectivity index (χ0v) is 12.3. The Morgan fingerprint density at radius 3 is 2.44 bits per heavy atom. The fourth-order valence-electron chi connectivity index (χ4n) is 1.79. The van der Waals surface area contributed by atoms with E-state index in [0.717, 1.165) is 22.3 Å². The average Bonchev–Trinajstić information content (AvgIpc) is 2.38. The highest BCUT2D eigenvalue weighted by atomic mass is 79.9. The Bertz CT molecular complexity index is 347. The number of ether oxygens (including phenoxy) is 1. The van der Waals surface area contributed by atoms with E-state index in [1.807, 2.05) is 18.7 Å². The van der Waals surface area contributed by atoms with E-state index in [0.29, 0.717) is 18.6 Å². The monoisotopic (exact) mass is 288 g/mol. The predicted molar refractivity (Wildman–Crippen MR) is 69.4 cm³/mol. The Morgan fingerprint density at radius 2 is 2.00 bits per heavy atom. The molecule has 0 fully saturated rings. The highest BCUT2D eigenvalue weighted by molar-refractivity contribution is 9.10. The summed E-state index contributed by atoms with van der Waals surface area (Å²) in [6.45, 7) is 9.15. The van der Waals surface area contributed by atoms with Crippen molar-refractivity contribution in [3.63, 3.8) is 0 Å². The standard InChI is InChI=1S/C12H21BrN2O/c1-8(2)6-9(3)16-7-11-12(13)10(4)14-15(11)5/h8-9H,6-7H2,1-5H3. The van der Waals surface area contributed by atoms with Gasteiger partial charge in [-0.2, -0.15) is 5.10 Å². The van der Waals surface area contributed by atoms with Crippen LogP contribution in [0.25, 0.3) is 0 Å². The molecule has 3 nitrogen and oxygen atoms in total. The molecule has 0 N–H and O–H groups in total. The molecular formula is C12H21BrN2O. The topological polar surface area (TPSA) is 27.1 Å². The third kappa shape index (κ3) is 3.59. The van der Waals surface area contributed by atoms with Crippen molar-refractivity contribution in [1.82, 2.24) is 9.78 Å². The van der Waals surface area contributed by atoms with Gasteiger partial charge in [0.25, 0.3) is 0 Å². The van der Waals surface area contributed by atoms with Crippen LogP contribution in [0.15, 0.2) is 4.47 Å². The Balaban J connectivity index is 2.54. The van der Waals surface area contributed by atoms with Crippen LogP contribution in [0, 0.1) is 12.8 Å². The maximum atomic E-state index is 5.82. The molecule has 0 aliphatic rings. The van der Waals surface area contributed by atoms with E-state index >= 15 is 0 Å². The number of aryl methyl sites for hydroxylation is 2. The van der Waals surface area contributed by atoms with Crippen molar-refractivity contribution in [3.8, 4) is 0 Å². The Morgan fingerprint density at radius 1 is 1.38 bits per heavy atom. The average molecular weight is 289 g/mol. The molecule has 1 rings (SSSR count). The summed E-state index contributed by atoms with van der Waals surface area (Å²) in [7, 11) is 1.95. The first-order valence-corrected chi connectivity index (χ1v) is 6.50. The molecule has 16 heavy (non-hydrogen) atoms. The van der Waals surface area contributed by atoms with Crippen LogP contribution in [0.4, 0.5) is 0 Å². The quantitative estimate of drug-likeness (QED) is 0.830. The first-order valence-electron chi connectivity index (χ1n) is 5.71. The molecule has 92 valence electrons. The van der Waals surface area contributed by atoms with Gasteiger partial charge in [0.15, 0.2) is 0 Å². The lowest BCUT2D eigenvalue weighted by molar-refractivity contribution is 0.0360. The van der Waals surface area contributed by atoms with Crippen LogP contribution in [-0.2, 0) is 18.4 Å².